The van der Waals surface area contributed by atoms with Crippen LogP contribution in [0.15, 0.2) is 206 Å². The zero-order valence-electron chi connectivity index (χ0n) is 30.5. The van der Waals surface area contributed by atoms with Crippen LogP contribution in [0.2, 0.25) is 0 Å². The molecule has 0 atom stereocenters. The first-order valence-corrected chi connectivity index (χ1v) is 18.5. The molecule has 2 heterocycles. The van der Waals surface area contributed by atoms with Crippen LogP contribution in [-0.2, 0) is 0 Å². The maximum atomic E-state index is 5.26. The zero-order chi connectivity index (χ0) is 37.8. The fourth-order valence-electron chi connectivity index (χ4n) is 7.22. The van der Waals surface area contributed by atoms with Crippen molar-refractivity contribution in [2.45, 2.75) is 0 Å². The van der Waals surface area contributed by atoms with Crippen molar-refractivity contribution in [3.63, 3.8) is 0 Å². The van der Waals surface area contributed by atoms with E-state index in [0.29, 0.717) is 17.5 Å². The van der Waals surface area contributed by atoms with Gasteiger partial charge in [0.25, 0.3) is 0 Å². The van der Waals surface area contributed by atoms with E-state index in [4.69, 9.17) is 15.0 Å². The molecule has 0 bridgehead atoms. The Balaban J connectivity index is 1.26. The predicted molar refractivity (Wildman–Crippen MR) is 232 cm³/mol. The molecule has 9 aromatic rings. The van der Waals surface area contributed by atoms with Crippen LogP contribution in [-0.4, -0.2) is 25.6 Å². The number of rotatable bonds is 9. The Kier molecular flexibility index (Phi) is 9.16. The number of nitrogens with zero attached hydrogens (tertiary/aromatic N) is 5. The molecule has 0 unspecified atom stereocenters. The minimum Gasteiger partial charge on any atom is -0.257 e. The van der Waals surface area contributed by atoms with Crippen LogP contribution in [0, 0.1) is 0 Å². The summed E-state index contributed by atoms with van der Waals surface area (Å²) >= 11 is 0. The van der Waals surface area contributed by atoms with Crippen molar-refractivity contribution in [1.29, 1.82) is 0 Å². The highest BCUT2D eigenvalue weighted by Crippen LogP contribution is 2.36. The molecule has 0 spiro atoms. The quantitative estimate of drug-likeness (QED) is 0.139. The van der Waals surface area contributed by atoms with Crippen LogP contribution in [0.3, 0.4) is 0 Å². The second-order valence-corrected chi connectivity index (χ2v) is 13.4. The van der Waals surface area contributed by atoms with Gasteiger partial charge in [0.05, 0.1) is 11.4 Å². The van der Waals surface area contributed by atoms with Gasteiger partial charge in [-0.1, -0.05) is 153 Å². The summed E-state index contributed by atoms with van der Waals surface area (Å²) in [5.74, 6) is 1.82. The molecule has 9 rings (SSSR count). The lowest BCUT2D eigenvalue weighted by molar-refractivity contribution is 1.08. The van der Waals surface area contributed by atoms with E-state index in [9.17, 15) is 0 Å². The SMILES string of the molecule is C=CN=C(C=C)c1ccc(-c2cc(-c3ccc(-c4ccccn4)cc3)cc(-c3nc(-c4cccc5ccccc45)nc(-c4cccc5ccccc45)n3)c2)cc1. The molecule has 0 saturated carbocycles. The monoisotopic (exact) mass is 717 g/mol. The summed E-state index contributed by atoms with van der Waals surface area (Å²) in [6, 6.07) is 58.7. The number of hydrogen-bond acceptors (Lipinski definition) is 5. The van der Waals surface area contributed by atoms with E-state index in [-0.39, 0.29) is 0 Å². The average molecular weight is 718 g/mol. The van der Waals surface area contributed by atoms with Crippen molar-refractivity contribution in [1.82, 2.24) is 19.9 Å². The Morgan fingerprint density at radius 1 is 0.446 bits per heavy atom. The molecule has 0 aliphatic heterocycles. The van der Waals surface area contributed by atoms with Crippen molar-refractivity contribution < 1.29 is 0 Å². The van der Waals surface area contributed by atoms with E-state index in [1.54, 1.807) is 6.08 Å². The Hall–Kier alpha value is -7.63. The van der Waals surface area contributed by atoms with Gasteiger partial charge in [0, 0.05) is 40.2 Å². The number of hydrogen-bond donors (Lipinski definition) is 0. The summed E-state index contributed by atoms with van der Waals surface area (Å²) in [5.41, 5.74) is 10.6. The summed E-state index contributed by atoms with van der Waals surface area (Å²) in [6.07, 6.45) is 5.10. The van der Waals surface area contributed by atoms with Gasteiger partial charge in [-0.3, -0.25) is 9.98 Å². The molecule has 0 radical (unpaired) electrons. The van der Waals surface area contributed by atoms with Gasteiger partial charge in [0.1, 0.15) is 0 Å². The molecule has 0 fully saturated rings. The van der Waals surface area contributed by atoms with Crippen molar-refractivity contribution in [2.24, 2.45) is 4.99 Å². The number of fused-ring (bicyclic) bond motifs is 2. The highest BCUT2D eigenvalue weighted by Gasteiger charge is 2.18. The van der Waals surface area contributed by atoms with E-state index in [1.807, 2.05) is 24.4 Å². The van der Waals surface area contributed by atoms with E-state index in [1.165, 1.54) is 6.20 Å². The standard InChI is InChI=1S/C51H35N5/c1-3-47(52-4-2)38-26-22-34(23-27-38)40-31-41(35-24-28-39(29-25-35)48-21-9-10-30-53-48)33-42(32-40)49-54-50(45-19-11-15-36-13-5-7-17-43(36)45)56-51(55-49)46-20-12-16-37-14-6-8-18-44(37)46/h3-33H,1-2H2. The van der Waals surface area contributed by atoms with Crippen LogP contribution in [0.25, 0.3) is 89.2 Å². The molecule has 0 aliphatic carbocycles. The summed E-state index contributed by atoms with van der Waals surface area (Å²) in [4.78, 5) is 24.7. The lowest BCUT2D eigenvalue weighted by atomic mass is 9.94. The minimum absolute atomic E-state index is 0.586. The van der Waals surface area contributed by atoms with Crippen molar-refractivity contribution in [3.05, 3.63) is 207 Å². The number of allylic oxidation sites excluding steroid dienone is 1. The van der Waals surface area contributed by atoms with Crippen LogP contribution >= 0.6 is 0 Å². The Morgan fingerprint density at radius 2 is 0.946 bits per heavy atom. The molecule has 7 aromatic carbocycles. The lowest BCUT2D eigenvalue weighted by Gasteiger charge is -2.14. The van der Waals surface area contributed by atoms with Gasteiger partial charge in [0.2, 0.25) is 0 Å². The Bertz CT molecular complexity index is 2820. The van der Waals surface area contributed by atoms with Crippen LogP contribution < -0.4 is 0 Å². The molecule has 0 saturated heterocycles. The van der Waals surface area contributed by atoms with Gasteiger partial charge in [-0.15, -0.1) is 0 Å². The van der Waals surface area contributed by atoms with Crippen molar-refractivity contribution in [3.8, 4) is 67.7 Å². The molecular formula is C51H35N5. The maximum Gasteiger partial charge on any atom is 0.164 e. The smallest absolute Gasteiger partial charge is 0.164 e. The molecule has 0 amide bonds. The highest BCUT2D eigenvalue weighted by molar-refractivity contribution is 6.09. The largest absolute Gasteiger partial charge is 0.257 e. The van der Waals surface area contributed by atoms with Gasteiger partial charge in [-0.05, 0) is 80.2 Å². The summed E-state index contributed by atoms with van der Waals surface area (Å²) < 4.78 is 0. The first-order valence-electron chi connectivity index (χ1n) is 18.5. The van der Waals surface area contributed by atoms with Gasteiger partial charge in [0.15, 0.2) is 17.5 Å². The number of benzene rings is 7. The van der Waals surface area contributed by atoms with Gasteiger partial charge in [-0.25, -0.2) is 15.0 Å². The van der Waals surface area contributed by atoms with E-state index >= 15 is 0 Å². The summed E-state index contributed by atoms with van der Waals surface area (Å²) in [7, 11) is 0. The second-order valence-electron chi connectivity index (χ2n) is 13.4. The first kappa shape index (κ1) is 34.2. The first-order chi connectivity index (χ1) is 27.6. The van der Waals surface area contributed by atoms with Gasteiger partial charge >= 0.3 is 0 Å². The predicted octanol–water partition coefficient (Wildman–Crippen LogP) is 12.7. The van der Waals surface area contributed by atoms with E-state index in [0.717, 1.165) is 83.0 Å². The fraction of sp³-hybridized carbons (Fsp3) is 0. The number of pyridine rings is 1. The lowest BCUT2D eigenvalue weighted by Crippen LogP contribution is -2.01. The normalized spacial score (nSPS) is 11.5. The van der Waals surface area contributed by atoms with Crippen molar-refractivity contribution in [2.75, 3.05) is 0 Å². The Labute approximate surface area is 325 Å². The van der Waals surface area contributed by atoms with Gasteiger partial charge in [-0.2, -0.15) is 0 Å². The third-order valence-corrected chi connectivity index (χ3v) is 10.0. The second kappa shape index (κ2) is 15.0. The molecule has 0 N–H and O–H groups in total. The molecule has 264 valence electrons. The van der Waals surface area contributed by atoms with Crippen LogP contribution in [0.1, 0.15) is 5.56 Å². The Morgan fingerprint density at radius 3 is 1.50 bits per heavy atom. The third-order valence-electron chi connectivity index (χ3n) is 10.0. The van der Waals surface area contributed by atoms with Crippen LogP contribution in [0.4, 0.5) is 0 Å². The van der Waals surface area contributed by atoms with Crippen molar-refractivity contribution >= 4 is 27.3 Å². The molecule has 0 aliphatic rings. The van der Waals surface area contributed by atoms with Gasteiger partial charge < -0.3 is 0 Å². The molecule has 5 heteroatoms. The molecular weight excluding hydrogens is 683 g/mol. The number of aliphatic imine (C=N–C) groups is 1. The minimum atomic E-state index is 0.586. The maximum absolute atomic E-state index is 5.26. The topological polar surface area (TPSA) is 63.9 Å². The molecule has 2 aromatic heterocycles. The molecule has 56 heavy (non-hydrogen) atoms. The highest BCUT2D eigenvalue weighted by atomic mass is 15.0. The summed E-state index contributed by atoms with van der Waals surface area (Å²) in [5, 5.41) is 4.41. The molecule has 5 nitrogen and oxygen atoms in total. The van der Waals surface area contributed by atoms with Crippen LogP contribution in [0.5, 0.6) is 0 Å². The fourth-order valence-corrected chi connectivity index (χ4v) is 7.22. The zero-order valence-corrected chi connectivity index (χ0v) is 30.5. The third kappa shape index (κ3) is 6.70. The average Bonchev–Trinajstić information content (AvgIpc) is 3.28. The van der Waals surface area contributed by atoms with E-state index < -0.39 is 0 Å². The summed E-state index contributed by atoms with van der Waals surface area (Å²) in [6.45, 7) is 7.71. The van der Waals surface area contributed by atoms with E-state index in [2.05, 4.69) is 175 Å². The number of aromatic nitrogens is 4.